The van der Waals surface area contributed by atoms with E-state index >= 15 is 0 Å². The fourth-order valence-electron chi connectivity index (χ4n) is 8.53. The van der Waals surface area contributed by atoms with Crippen molar-refractivity contribution in [2.24, 2.45) is 0 Å². The van der Waals surface area contributed by atoms with Crippen LogP contribution in [0.3, 0.4) is 0 Å². The van der Waals surface area contributed by atoms with E-state index in [-0.39, 0.29) is 0 Å². The Balaban J connectivity index is 1.29. The molecule has 0 unspecified atom stereocenters. The highest BCUT2D eigenvalue weighted by Gasteiger charge is 2.22. The summed E-state index contributed by atoms with van der Waals surface area (Å²) in [5.74, 6) is 0. The predicted molar refractivity (Wildman–Crippen MR) is 218 cm³/mol. The second-order valence-electron chi connectivity index (χ2n) is 13.6. The van der Waals surface area contributed by atoms with Gasteiger partial charge >= 0.3 is 0 Å². The molecular weight excluding hydrogens is 647 g/mol. The second kappa shape index (κ2) is 11.3. The van der Waals surface area contributed by atoms with Crippen LogP contribution in [0.25, 0.3) is 99.2 Å². The molecule has 0 N–H and O–H groups in total. The van der Waals surface area contributed by atoms with Crippen LogP contribution >= 0.6 is 0 Å². The lowest BCUT2D eigenvalue weighted by molar-refractivity contribution is 0.673. The van der Waals surface area contributed by atoms with E-state index in [0.29, 0.717) is 5.56 Å². The van der Waals surface area contributed by atoms with E-state index in [1.54, 1.807) is 0 Å². The number of hydrogen-bond donors (Lipinski definition) is 0. The first-order valence-corrected chi connectivity index (χ1v) is 17.8. The van der Waals surface area contributed by atoms with Gasteiger partial charge in [-0.25, -0.2) is 0 Å². The summed E-state index contributed by atoms with van der Waals surface area (Å²) in [5.41, 5.74) is 12.7. The van der Waals surface area contributed by atoms with Gasteiger partial charge in [0.05, 0.1) is 39.1 Å². The van der Waals surface area contributed by atoms with Crippen molar-refractivity contribution in [3.8, 4) is 39.7 Å². The Morgan fingerprint density at radius 1 is 0.434 bits per heavy atom. The number of furan rings is 1. The van der Waals surface area contributed by atoms with Gasteiger partial charge in [-0.3, -0.25) is 0 Å². The van der Waals surface area contributed by atoms with Gasteiger partial charge in [0.1, 0.15) is 11.2 Å². The van der Waals surface area contributed by atoms with Gasteiger partial charge in [-0.05, 0) is 77.4 Å². The van der Waals surface area contributed by atoms with Gasteiger partial charge in [-0.15, -0.1) is 0 Å². The van der Waals surface area contributed by atoms with E-state index in [4.69, 9.17) is 4.42 Å². The minimum absolute atomic E-state index is 0.628. The fourth-order valence-corrected chi connectivity index (χ4v) is 8.53. The summed E-state index contributed by atoms with van der Waals surface area (Å²) in [5, 5.41) is 17.4. The van der Waals surface area contributed by atoms with Crippen LogP contribution in [0.1, 0.15) is 5.56 Å². The third-order valence-electron chi connectivity index (χ3n) is 10.7. The number of fused-ring (bicyclic) bond motifs is 10. The maximum atomic E-state index is 10.6. The first-order chi connectivity index (χ1) is 26.3. The molecule has 0 aliphatic rings. The van der Waals surface area contributed by atoms with Crippen molar-refractivity contribution in [3.05, 3.63) is 181 Å². The molecule has 0 amide bonds. The third kappa shape index (κ3) is 4.29. The molecule has 3 aromatic heterocycles. The number of aromatic nitrogens is 2. The standard InChI is InChI=1S/C49H29N3O/c50-30-32-15-12-20-36(31-13-2-1-3-14-31)47(32)33-27-34(51-42-21-8-4-16-37(42)38-17-5-9-22-43(38)51)29-35(28-33)52-44-23-10-6-19-41(44)48-45(52)26-25-40-39-18-7-11-24-46(39)53-49(40)48/h1-29H. The zero-order chi connectivity index (χ0) is 35.0. The van der Waals surface area contributed by atoms with Crippen LogP contribution in [0.15, 0.2) is 180 Å². The van der Waals surface area contributed by atoms with Crippen molar-refractivity contribution in [2.45, 2.75) is 0 Å². The number of rotatable bonds is 4. The first-order valence-electron chi connectivity index (χ1n) is 17.8. The molecule has 0 radical (unpaired) electrons. The number of benzene rings is 8. The Morgan fingerprint density at radius 3 is 1.72 bits per heavy atom. The lowest BCUT2D eigenvalue weighted by Crippen LogP contribution is -2.01. The summed E-state index contributed by atoms with van der Waals surface area (Å²) in [4.78, 5) is 0. The van der Waals surface area contributed by atoms with E-state index in [1.807, 2.05) is 30.3 Å². The zero-order valence-corrected chi connectivity index (χ0v) is 28.5. The number of para-hydroxylation sites is 4. The quantitative estimate of drug-likeness (QED) is 0.186. The minimum Gasteiger partial charge on any atom is -0.455 e. The van der Waals surface area contributed by atoms with E-state index < -0.39 is 0 Å². The zero-order valence-electron chi connectivity index (χ0n) is 28.5. The summed E-state index contributed by atoms with van der Waals surface area (Å²) in [6.45, 7) is 0. The topological polar surface area (TPSA) is 46.8 Å². The summed E-state index contributed by atoms with van der Waals surface area (Å²) >= 11 is 0. The highest BCUT2D eigenvalue weighted by Crippen LogP contribution is 2.43. The van der Waals surface area contributed by atoms with Gasteiger partial charge in [0, 0.05) is 43.9 Å². The summed E-state index contributed by atoms with van der Waals surface area (Å²) < 4.78 is 11.4. The molecule has 0 fully saturated rings. The molecule has 0 atom stereocenters. The number of nitrogens with zero attached hydrogens (tertiary/aromatic N) is 3. The molecule has 3 heterocycles. The van der Waals surface area contributed by atoms with Crippen LogP contribution in [-0.4, -0.2) is 9.13 Å². The van der Waals surface area contributed by atoms with Crippen LogP contribution < -0.4 is 0 Å². The monoisotopic (exact) mass is 675 g/mol. The van der Waals surface area contributed by atoms with Gasteiger partial charge in [0.25, 0.3) is 0 Å². The van der Waals surface area contributed by atoms with E-state index in [1.165, 1.54) is 10.8 Å². The third-order valence-corrected chi connectivity index (χ3v) is 10.7. The van der Waals surface area contributed by atoms with Crippen molar-refractivity contribution < 1.29 is 4.42 Å². The van der Waals surface area contributed by atoms with Crippen molar-refractivity contribution in [3.63, 3.8) is 0 Å². The highest BCUT2D eigenvalue weighted by molar-refractivity contribution is 6.24. The van der Waals surface area contributed by atoms with Gasteiger partial charge < -0.3 is 13.6 Å². The second-order valence-corrected chi connectivity index (χ2v) is 13.6. The van der Waals surface area contributed by atoms with Gasteiger partial charge in [-0.2, -0.15) is 5.26 Å². The van der Waals surface area contributed by atoms with E-state index in [2.05, 4.69) is 161 Å². The Hall–Kier alpha value is -7.35. The van der Waals surface area contributed by atoms with Gasteiger partial charge in [0.2, 0.25) is 0 Å². The van der Waals surface area contributed by atoms with E-state index in [9.17, 15) is 5.26 Å². The Kier molecular flexibility index (Phi) is 6.28. The molecule has 11 rings (SSSR count). The number of nitriles is 1. The molecule has 53 heavy (non-hydrogen) atoms. The maximum absolute atomic E-state index is 10.6. The molecule has 0 saturated heterocycles. The minimum atomic E-state index is 0.628. The summed E-state index contributed by atoms with van der Waals surface area (Å²) in [6.07, 6.45) is 0. The van der Waals surface area contributed by atoms with Crippen LogP contribution in [0.4, 0.5) is 0 Å². The average Bonchev–Trinajstić information content (AvgIpc) is 3.88. The lowest BCUT2D eigenvalue weighted by atomic mass is 9.90. The highest BCUT2D eigenvalue weighted by atomic mass is 16.3. The van der Waals surface area contributed by atoms with Crippen molar-refractivity contribution in [1.29, 1.82) is 5.26 Å². The van der Waals surface area contributed by atoms with Gasteiger partial charge in [-0.1, -0.05) is 115 Å². The molecule has 0 spiro atoms. The van der Waals surface area contributed by atoms with E-state index in [0.717, 1.165) is 88.4 Å². The van der Waals surface area contributed by atoms with Crippen LogP contribution in [0.5, 0.6) is 0 Å². The predicted octanol–water partition coefficient (Wildman–Crippen LogP) is 13.0. The van der Waals surface area contributed by atoms with Crippen molar-refractivity contribution >= 4 is 65.6 Å². The molecular formula is C49H29N3O. The lowest BCUT2D eigenvalue weighted by Gasteiger charge is -2.18. The van der Waals surface area contributed by atoms with Crippen molar-refractivity contribution in [1.82, 2.24) is 9.13 Å². The molecule has 8 aromatic carbocycles. The molecule has 0 aliphatic carbocycles. The molecule has 0 bridgehead atoms. The molecule has 4 heteroatoms. The Labute approximate surface area is 304 Å². The maximum Gasteiger partial charge on any atom is 0.145 e. The smallest absolute Gasteiger partial charge is 0.145 e. The van der Waals surface area contributed by atoms with Crippen LogP contribution in [-0.2, 0) is 0 Å². The fraction of sp³-hybridized carbons (Fsp3) is 0. The van der Waals surface area contributed by atoms with Crippen molar-refractivity contribution in [2.75, 3.05) is 0 Å². The molecule has 0 saturated carbocycles. The molecule has 4 nitrogen and oxygen atoms in total. The normalized spacial score (nSPS) is 11.8. The molecule has 246 valence electrons. The first kappa shape index (κ1) is 29.4. The summed E-state index contributed by atoms with van der Waals surface area (Å²) in [6, 6.07) is 64.2. The Morgan fingerprint density at radius 2 is 1.02 bits per heavy atom. The molecule has 11 aromatic rings. The van der Waals surface area contributed by atoms with Crippen LogP contribution in [0, 0.1) is 11.3 Å². The largest absolute Gasteiger partial charge is 0.455 e. The average molecular weight is 676 g/mol. The van der Waals surface area contributed by atoms with Gasteiger partial charge in [0.15, 0.2) is 0 Å². The SMILES string of the molecule is N#Cc1cccc(-c2ccccc2)c1-c1cc(-n2c3ccccc3c3ccccc32)cc(-n2c3ccccc3c3c4oc5ccccc5c4ccc32)c1. The van der Waals surface area contributed by atoms with Crippen LogP contribution in [0.2, 0.25) is 0 Å². The number of hydrogen-bond acceptors (Lipinski definition) is 2. The Bertz CT molecular complexity index is 3250. The summed E-state index contributed by atoms with van der Waals surface area (Å²) in [7, 11) is 0. The molecule has 0 aliphatic heterocycles.